The molecule has 6 atom stereocenters. The van der Waals surface area contributed by atoms with E-state index in [0.717, 1.165) is 11.1 Å². The topological polar surface area (TPSA) is 228 Å². The molecule has 356 valence electrons. The van der Waals surface area contributed by atoms with Gasteiger partial charge in [0.1, 0.15) is 18.1 Å². The number of amides is 2. The van der Waals surface area contributed by atoms with Crippen molar-refractivity contribution in [2.75, 3.05) is 38.2 Å². The number of aliphatic hydroxyl groups excluding tert-OH is 2. The van der Waals surface area contributed by atoms with Crippen LogP contribution in [-0.4, -0.2) is 90.3 Å². The smallest absolute Gasteiger partial charge is 0.412 e. The molecule has 0 bridgehead atoms. The number of hydrogen-bond acceptors (Lipinski definition) is 13. The molecular weight excluding hydrogens is 871 g/mol. The Labute approximate surface area is 386 Å². The zero-order chi connectivity index (χ0) is 47.4. The number of nitrogens with zero attached hydrogens (tertiary/aromatic N) is 3. The number of oxime groups is 1. The van der Waals surface area contributed by atoms with Crippen molar-refractivity contribution in [3.8, 4) is 11.5 Å². The van der Waals surface area contributed by atoms with Gasteiger partial charge < -0.3 is 39.9 Å². The molecule has 3 aliphatic rings. The first-order valence-corrected chi connectivity index (χ1v) is 24.0. The fourth-order valence-electron chi connectivity index (χ4n) is 9.59. The molecule has 2 amide bonds. The average Bonchev–Trinajstić information content (AvgIpc) is 3.29. The SMILES string of the molecule is C=CCO[C@@]12Oc3ccc(OC(=O)NCC)cc3[C@H]3[C@H](CCCCO)[C@@H](CCCCO)C=C(C(=NOCc4ccc([N+](=O)[O-])cc4)C[C@@H]1N(CCC)S(=O)(=O)c1ccc(NC(C)=O)cc1)[C@H]32. The number of carbonyl (C=O) groups excluding carboxylic acids is 2. The number of hydrogen-bond donors (Lipinski definition) is 4. The zero-order valence-electron chi connectivity index (χ0n) is 37.7. The van der Waals surface area contributed by atoms with Crippen LogP contribution in [0, 0.1) is 27.9 Å². The van der Waals surface area contributed by atoms with Crippen LogP contribution in [0.2, 0.25) is 0 Å². The van der Waals surface area contributed by atoms with Gasteiger partial charge in [-0.1, -0.05) is 37.1 Å². The first-order valence-electron chi connectivity index (χ1n) is 22.6. The van der Waals surface area contributed by atoms with Gasteiger partial charge in [-0.2, -0.15) is 4.31 Å². The van der Waals surface area contributed by atoms with Gasteiger partial charge in [0, 0.05) is 68.9 Å². The second-order valence-electron chi connectivity index (χ2n) is 16.7. The lowest BCUT2D eigenvalue weighted by molar-refractivity contribution is -0.384. The Morgan fingerprint density at radius 3 is 2.38 bits per heavy atom. The van der Waals surface area contributed by atoms with Gasteiger partial charge in [0.05, 0.1) is 34.1 Å². The minimum atomic E-state index is -4.35. The van der Waals surface area contributed by atoms with Crippen molar-refractivity contribution in [2.24, 2.45) is 22.9 Å². The molecule has 0 radical (unpaired) electrons. The minimum Gasteiger partial charge on any atom is -0.460 e. The molecule has 4 N–H and O–H groups in total. The maximum Gasteiger partial charge on any atom is 0.412 e. The molecule has 1 aliphatic heterocycles. The zero-order valence-corrected chi connectivity index (χ0v) is 38.5. The second-order valence-corrected chi connectivity index (χ2v) is 18.6. The van der Waals surface area contributed by atoms with Crippen LogP contribution < -0.4 is 20.1 Å². The van der Waals surface area contributed by atoms with Gasteiger partial charge in [-0.3, -0.25) is 14.9 Å². The Morgan fingerprint density at radius 1 is 1.03 bits per heavy atom. The van der Waals surface area contributed by atoms with Crippen LogP contribution in [0.25, 0.3) is 0 Å². The van der Waals surface area contributed by atoms with Crippen molar-refractivity contribution in [2.45, 2.75) is 101 Å². The van der Waals surface area contributed by atoms with Crippen LogP contribution >= 0.6 is 0 Å². The molecule has 2 aliphatic carbocycles. The predicted octanol–water partition coefficient (Wildman–Crippen LogP) is 7.60. The summed E-state index contributed by atoms with van der Waals surface area (Å²) in [4.78, 5) is 41.6. The van der Waals surface area contributed by atoms with Gasteiger partial charge in [-0.15, -0.1) is 6.58 Å². The van der Waals surface area contributed by atoms with Gasteiger partial charge >= 0.3 is 6.09 Å². The van der Waals surface area contributed by atoms with Gasteiger partial charge in [0.25, 0.3) is 5.69 Å². The van der Waals surface area contributed by atoms with Crippen molar-refractivity contribution in [3.63, 3.8) is 0 Å². The van der Waals surface area contributed by atoms with Crippen LogP contribution in [0.1, 0.15) is 89.2 Å². The van der Waals surface area contributed by atoms with E-state index < -0.39 is 44.7 Å². The summed E-state index contributed by atoms with van der Waals surface area (Å²) in [6.07, 6.45) is 7.34. The fraction of sp³-hybridized carbons (Fsp3) is 0.479. The maximum atomic E-state index is 15.2. The number of aliphatic hydroxyl groups is 2. The van der Waals surface area contributed by atoms with E-state index in [-0.39, 0.29) is 73.5 Å². The number of rotatable bonds is 23. The number of nitro groups is 1. The predicted molar refractivity (Wildman–Crippen MR) is 247 cm³/mol. The Bertz CT molecular complexity index is 2360. The molecule has 17 nitrogen and oxygen atoms in total. The quantitative estimate of drug-likeness (QED) is 0.0312. The number of non-ortho nitro benzene ring substituents is 1. The molecule has 0 spiro atoms. The number of carbonyl (C=O) groups is 2. The fourth-order valence-corrected chi connectivity index (χ4v) is 11.3. The summed E-state index contributed by atoms with van der Waals surface area (Å²) in [5.41, 5.74) is 2.87. The van der Waals surface area contributed by atoms with E-state index in [4.69, 9.17) is 24.2 Å². The normalized spacial score (nSPS) is 22.6. The standard InChI is InChI=1S/C48H61N5O12S/c1-5-24-52(66(60,61)38-21-16-35(17-22-38)50-32(4)56)44-30-42(51-63-31-33-14-18-36(19-15-33)53(58)59)40-28-34(12-8-10-25-54)39(13-9-11-26-55)45-41-29-37(64-47(57)49-7-3)20-23-43(41)65-48(44,46(40)45)62-27-6-2/h6,14-23,28-29,34,39,44-46,54-55H,2,5,7-13,24-27,30-31H2,1,3-4H3,(H,49,57)(H,50,56)/t34-,39+,44-,45+,46+,48+/m0/s1. The van der Waals surface area contributed by atoms with Crippen LogP contribution in [0.4, 0.5) is 16.2 Å². The molecule has 1 saturated carbocycles. The van der Waals surface area contributed by atoms with E-state index in [9.17, 15) is 29.9 Å². The number of anilines is 1. The highest BCUT2D eigenvalue weighted by molar-refractivity contribution is 7.89. The molecule has 6 rings (SSSR count). The number of allylic oxidation sites excluding steroid dienone is 1. The summed E-state index contributed by atoms with van der Waals surface area (Å²) in [5, 5.41) is 41.4. The summed E-state index contributed by atoms with van der Waals surface area (Å²) in [6.45, 7) is 9.32. The number of sulfonamides is 1. The molecule has 3 aromatic rings. The van der Waals surface area contributed by atoms with Crippen molar-refractivity contribution in [1.29, 1.82) is 0 Å². The highest BCUT2D eigenvalue weighted by Gasteiger charge is 2.66. The van der Waals surface area contributed by atoms with E-state index in [1.54, 1.807) is 43.3 Å². The summed E-state index contributed by atoms with van der Waals surface area (Å²) in [6, 6.07) is 15.9. The summed E-state index contributed by atoms with van der Waals surface area (Å²) in [5.74, 6) is -2.77. The van der Waals surface area contributed by atoms with Crippen molar-refractivity contribution >= 4 is 39.1 Å². The van der Waals surface area contributed by atoms with Crippen LogP contribution in [0.5, 0.6) is 11.5 Å². The highest BCUT2D eigenvalue weighted by atomic mass is 32.2. The number of ether oxygens (including phenoxy) is 3. The number of nitrogens with one attached hydrogen (secondary N) is 2. The first kappa shape index (κ1) is 49.8. The largest absolute Gasteiger partial charge is 0.460 e. The first-order chi connectivity index (χ1) is 31.8. The van der Waals surface area contributed by atoms with E-state index in [0.29, 0.717) is 74.2 Å². The Balaban J connectivity index is 1.60. The minimum absolute atomic E-state index is 0.00565. The van der Waals surface area contributed by atoms with Crippen LogP contribution in [-0.2, 0) is 31.0 Å². The lowest BCUT2D eigenvalue weighted by Gasteiger charge is -2.59. The molecule has 0 unspecified atom stereocenters. The Kier molecular flexibility index (Phi) is 17.1. The lowest BCUT2D eigenvalue weighted by atomic mass is 9.55. The number of nitro benzene ring substituents is 1. The molecule has 18 heteroatoms. The van der Waals surface area contributed by atoms with Crippen LogP contribution in [0.3, 0.4) is 0 Å². The average molecular weight is 932 g/mol. The van der Waals surface area contributed by atoms with Crippen molar-refractivity contribution < 1.29 is 52.2 Å². The Morgan fingerprint density at radius 2 is 1.74 bits per heavy atom. The van der Waals surface area contributed by atoms with E-state index in [1.165, 1.54) is 47.6 Å². The van der Waals surface area contributed by atoms with Crippen molar-refractivity contribution in [1.82, 2.24) is 9.62 Å². The van der Waals surface area contributed by atoms with Gasteiger partial charge in [-0.25, -0.2) is 13.2 Å². The van der Waals surface area contributed by atoms with E-state index in [2.05, 4.69) is 23.3 Å². The van der Waals surface area contributed by atoms with E-state index >= 15 is 8.42 Å². The monoisotopic (exact) mass is 931 g/mol. The summed E-state index contributed by atoms with van der Waals surface area (Å²) >= 11 is 0. The van der Waals surface area contributed by atoms with Gasteiger partial charge in [0.15, 0.2) is 0 Å². The third-order valence-electron chi connectivity index (χ3n) is 12.3. The molecular formula is C48H61N5O12S. The van der Waals surface area contributed by atoms with Gasteiger partial charge in [-0.05, 0) is 117 Å². The number of unbranched alkanes of at least 4 members (excludes halogenated alkanes) is 2. The van der Waals surface area contributed by atoms with E-state index in [1.807, 2.05) is 6.92 Å². The third kappa shape index (κ3) is 11.1. The Hall–Kier alpha value is -5.66. The highest BCUT2D eigenvalue weighted by Crippen LogP contribution is 2.62. The lowest BCUT2D eigenvalue weighted by Crippen LogP contribution is -2.70. The molecule has 0 aromatic heterocycles. The van der Waals surface area contributed by atoms with Gasteiger partial charge in [0.2, 0.25) is 21.7 Å². The maximum absolute atomic E-state index is 15.2. The molecule has 66 heavy (non-hydrogen) atoms. The number of fused-ring (bicyclic) bond motifs is 2. The molecule has 1 heterocycles. The van der Waals surface area contributed by atoms with Crippen molar-refractivity contribution in [3.05, 3.63) is 112 Å². The summed E-state index contributed by atoms with van der Waals surface area (Å²) < 4.78 is 51.8. The molecule has 1 fully saturated rings. The molecule has 3 aromatic carbocycles. The third-order valence-corrected chi connectivity index (χ3v) is 14.2. The number of benzene rings is 3. The second kappa shape index (κ2) is 22.7. The summed E-state index contributed by atoms with van der Waals surface area (Å²) in [7, 11) is -4.35. The molecule has 0 saturated heterocycles. The van der Waals surface area contributed by atoms with Crippen LogP contribution in [0.15, 0.2) is 101 Å².